The second kappa shape index (κ2) is 29.5. The number of nitrogens with zero attached hydrogens (tertiary/aromatic N) is 1. The molecule has 0 aliphatic rings. The number of imidazole rings is 1. The van der Waals surface area contributed by atoms with Gasteiger partial charge < -0.3 is 74.4 Å². The van der Waals surface area contributed by atoms with Crippen LogP contribution in [0.3, 0.4) is 0 Å². The maximum atomic E-state index is 14.1. The average Bonchev–Trinajstić information content (AvgIpc) is 4.05. The van der Waals surface area contributed by atoms with Crippen LogP contribution in [0.5, 0.6) is 0 Å². The van der Waals surface area contributed by atoms with Gasteiger partial charge in [-0.2, -0.15) is 0 Å². The Hall–Kier alpha value is -8.19. The number of aliphatic hydroxyl groups is 1. The first-order valence-electron chi connectivity index (χ1n) is 24.6. The number of amides is 10. The summed E-state index contributed by atoms with van der Waals surface area (Å²) in [7, 11) is 0. The van der Waals surface area contributed by atoms with E-state index in [1.54, 1.807) is 56.4 Å². The van der Waals surface area contributed by atoms with Gasteiger partial charge in [0, 0.05) is 54.8 Å². The molecule has 2 heterocycles. The van der Waals surface area contributed by atoms with Crippen molar-refractivity contribution in [2.75, 3.05) is 19.6 Å². The number of rotatable bonds is 30. The Bertz CT molecular complexity index is 2590. The highest BCUT2D eigenvalue weighted by molar-refractivity contribution is 5.99. The molecule has 2 aromatic carbocycles. The number of carbonyl (C=O) groups excluding carboxylic acids is 10. The van der Waals surface area contributed by atoms with Crippen molar-refractivity contribution in [1.82, 2.24) is 62.8 Å². The fourth-order valence-corrected chi connectivity index (χ4v) is 7.75. The minimum atomic E-state index is -1.66. The lowest BCUT2D eigenvalue weighted by Gasteiger charge is -2.27. The molecule has 4 aromatic rings. The highest BCUT2D eigenvalue weighted by atomic mass is 16.3. The second-order valence-electron chi connectivity index (χ2n) is 18.4. The number of aromatic amines is 2. The largest absolute Gasteiger partial charge is 0.391 e. The molecule has 406 valence electrons. The number of aromatic nitrogens is 3. The van der Waals surface area contributed by atoms with Crippen LogP contribution in [0.1, 0.15) is 70.7 Å². The van der Waals surface area contributed by atoms with Crippen molar-refractivity contribution in [3.63, 3.8) is 0 Å². The number of para-hydroxylation sites is 1. The molecule has 0 saturated heterocycles. The molecule has 0 spiro atoms. The van der Waals surface area contributed by atoms with Gasteiger partial charge in [0.25, 0.3) is 0 Å². The third kappa shape index (κ3) is 19.3. The fraction of sp³-hybridized carbons (Fsp3) is 0.460. The molecular formula is C50H70N14O11. The number of carbonyl (C=O) groups is 10. The van der Waals surface area contributed by atoms with E-state index in [0.717, 1.165) is 16.5 Å². The molecule has 75 heavy (non-hydrogen) atoms. The zero-order valence-corrected chi connectivity index (χ0v) is 42.6. The van der Waals surface area contributed by atoms with Gasteiger partial charge >= 0.3 is 0 Å². The maximum absolute atomic E-state index is 14.1. The second-order valence-corrected chi connectivity index (χ2v) is 18.4. The molecule has 0 aliphatic carbocycles. The van der Waals surface area contributed by atoms with Crippen molar-refractivity contribution in [1.29, 1.82) is 0 Å². The van der Waals surface area contributed by atoms with Crippen LogP contribution in [-0.4, -0.2) is 147 Å². The number of H-pyrrole nitrogens is 2. The number of nitrogens with two attached hydrogens (primary N) is 2. The van der Waals surface area contributed by atoms with Crippen molar-refractivity contribution in [3.05, 3.63) is 90.1 Å². The smallest absolute Gasteiger partial charge is 0.245 e. The minimum absolute atomic E-state index is 0.0480. The van der Waals surface area contributed by atoms with Crippen LogP contribution < -0.4 is 59.3 Å². The molecule has 25 heteroatoms. The Morgan fingerprint density at radius 1 is 0.627 bits per heavy atom. The van der Waals surface area contributed by atoms with Crippen molar-refractivity contribution in [2.24, 2.45) is 17.4 Å². The monoisotopic (exact) mass is 1040 g/mol. The summed E-state index contributed by atoms with van der Waals surface area (Å²) in [6.45, 7) is 7.09. The lowest BCUT2D eigenvalue weighted by molar-refractivity contribution is -0.136. The van der Waals surface area contributed by atoms with E-state index in [9.17, 15) is 53.1 Å². The van der Waals surface area contributed by atoms with E-state index in [1.807, 2.05) is 25.1 Å². The molecule has 16 N–H and O–H groups in total. The van der Waals surface area contributed by atoms with E-state index in [4.69, 9.17) is 11.5 Å². The molecule has 0 radical (unpaired) electrons. The van der Waals surface area contributed by atoms with E-state index in [-0.39, 0.29) is 31.6 Å². The van der Waals surface area contributed by atoms with Gasteiger partial charge in [-0.15, -0.1) is 0 Å². The Kier molecular flexibility index (Phi) is 23.3. The van der Waals surface area contributed by atoms with Crippen LogP contribution in [0.25, 0.3) is 10.9 Å². The highest BCUT2D eigenvalue weighted by Crippen LogP contribution is 2.20. The summed E-state index contributed by atoms with van der Waals surface area (Å²) in [6.07, 6.45) is 3.01. The topological polar surface area (TPSA) is 396 Å². The minimum Gasteiger partial charge on any atom is -0.391 e. The summed E-state index contributed by atoms with van der Waals surface area (Å²) in [5.41, 5.74) is 13.3. The first kappa shape index (κ1) is 59.4. The predicted octanol–water partition coefficient (Wildman–Crippen LogP) is -2.76. The van der Waals surface area contributed by atoms with Gasteiger partial charge in [0.15, 0.2) is 0 Å². The summed E-state index contributed by atoms with van der Waals surface area (Å²) in [5, 5.41) is 34.3. The predicted molar refractivity (Wildman–Crippen MR) is 274 cm³/mol. The third-order valence-corrected chi connectivity index (χ3v) is 11.6. The third-order valence-electron chi connectivity index (χ3n) is 11.6. The Balaban J connectivity index is 1.46. The van der Waals surface area contributed by atoms with Gasteiger partial charge in [-0.25, -0.2) is 4.98 Å². The molecule has 4 rings (SSSR count). The standard InChI is InChI=1S/C50H70N14O11/c1-6-16-54-45(70)36(18-30-12-8-7-9-13-30)62-48(73)38(20-32-24-53-26-57-32)60-42(68)25-56-50(75)43(29(5)65)64-44(69)28(4)58-46(71)37(19-31-23-55-34-15-11-10-14-33(31)34)63-47(72)35(17-27(2)3)61-49(74)39(21-40(52)66)59-41(67)22-51/h7-15,23-24,26-29,35-39,43,55,65H,6,16-22,25,51H2,1-5H3,(H2,52,66)(H,53,57)(H,54,70)(H,56,75)(H,58,71)(H,59,67)(H,60,68)(H,61,74)(H,62,73)(H,63,72)(H,64,69)/t28-,29+,35-,36-,37-,38-,39-,43-/m0/s1. The number of benzene rings is 2. The summed E-state index contributed by atoms with van der Waals surface area (Å²) in [5.74, 6) is -8.36. The van der Waals surface area contributed by atoms with Crippen LogP contribution in [0.2, 0.25) is 0 Å². The van der Waals surface area contributed by atoms with E-state index in [0.29, 0.717) is 24.2 Å². The van der Waals surface area contributed by atoms with Crippen molar-refractivity contribution in [3.8, 4) is 0 Å². The maximum Gasteiger partial charge on any atom is 0.245 e. The Morgan fingerprint density at radius 3 is 1.85 bits per heavy atom. The first-order valence-corrected chi connectivity index (χ1v) is 24.6. The van der Waals surface area contributed by atoms with E-state index >= 15 is 0 Å². The van der Waals surface area contributed by atoms with Crippen molar-refractivity contribution in [2.45, 2.75) is 122 Å². The van der Waals surface area contributed by atoms with Crippen molar-refractivity contribution < 1.29 is 53.1 Å². The summed E-state index contributed by atoms with van der Waals surface area (Å²) in [6, 6.07) is 6.73. The molecule has 2 aromatic heterocycles. The fourth-order valence-electron chi connectivity index (χ4n) is 7.75. The number of hydrogen-bond acceptors (Lipinski definition) is 13. The molecule has 25 nitrogen and oxygen atoms in total. The number of aliphatic hydroxyl groups excluding tert-OH is 1. The van der Waals surface area contributed by atoms with Crippen LogP contribution >= 0.6 is 0 Å². The lowest BCUT2D eigenvalue weighted by atomic mass is 10.00. The molecule has 0 saturated carbocycles. The van der Waals surface area contributed by atoms with Gasteiger partial charge in [0.1, 0.15) is 42.3 Å². The van der Waals surface area contributed by atoms with Crippen molar-refractivity contribution >= 4 is 70.0 Å². The SMILES string of the molecule is CCCNC(=O)[C@H](Cc1ccccc1)NC(=O)[C@H](Cc1cnc[nH]1)NC(=O)CNC(=O)[C@@H](NC(=O)[C@H](C)NC(=O)[C@H](Cc1c[nH]c2ccccc12)NC(=O)[C@H](CC(C)C)NC(=O)[C@H](CC(N)=O)NC(=O)CN)[C@@H](C)O. The number of nitrogens with one attached hydrogen (secondary N) is 11. The number of primary amides is 1. The number of hydrogen-bond donors (Lipinski definition) is 14. The molecule has 8 atom stereocenters. The average molecular weight is 1040 g/mol. The molecule has 0 aliphatic heterocycles. The van der Waals surface area contributed by atoms with E-state index in [2.05, 4.69) is 62.8 Å². The number of fused-ring (bicyclic) bond motifs is 1. The molecule has 0 fully saturated rings. The quantitative estimate of drug-likeness (QED) is 0.0252. The zero-order chi connectivity index (χ0) is 55.2. The van der Waals surface area contributed by atoms with E-state index < -0.39 is 127 Å². The molecular weight excluding hydrogens is 973 g/mol. The highest BCUT2D eigenvalue weighted by Gasteiger charge is 2.34. The summed E-state index contributed by atoms with van der Waals surface area (Å²) >= 11 is 0. The van der Waals surface area contributed by atoms with Gasteiger partial charge in [-0.1, -0.05) is 69.3 Å². The Labute approximate surface area is 433 Å². The molecule has 0 unspecified atom stereocenters. The van der Waals surface area contributed by atoms with Crippen LogP contribution in [0.15, 0.2) is 73.3 Å². The Morgan fingerprint density at radius 2 is 1.23 bits per heavy atom. The van der Waals surface area contributed by atoms with Crippen LogP contribution in [0.4, 0.5) is 0 Å². The van der Waals surface area contributed by atoms with E-state index in [1.165, 1.54) is 26.4 Å². The van der Waals surface area contributed by atoms with Gasteiger partial charge in [0.2, 0.25) is 59.1 Å². The lowest BCUT2D eigenvalue weighted by Crippen LogP contribution is -2.60. The first-order chi connectivity index (χ1) is 35.7. The van der Waals surface area contributed by atoms with Gasteiger partial charge in [0.05, 0.1) is 31.9 Å². The van der Waals surface area contributed by atoms with Gasteiger partial charge in [-0.3, -0.25) is 47.9 Å². The normalized spacial score (nSPS) is 14.3. The summed E-state index contributed by atoms with van der Waals surface area (Å²) in [4.78, 5) is 143. The van der Waals surface area contributed by atoms with Crippen LogP contribution in [0, 0.1) is 5.92 Å². The molecule has 10 amide bonds. The van der Waals surface area contributed by atoms with Crippen LogP contribution in [-0.2, 0) is 67.2 Å². The zero-order valence-electron chi connectivity index (χ0n) is 42.6. The van der Waals surface area contributed by atoms with Gasteiger partial charge in [-0.05, 0) is 49.8 Å². The molecule has 0 bridgehead atoms. The summed E-state index contributed by atoms with van der Waals surface area (Å²) < 4.78 is 0.